The van der Waals surface area contributed by atoms with Crippen molar-refractivity contribution < 1.29 is 24.0 Å². The van der Waals surface area contributed by atoms with Gasteiger partial charge in [0.25, 0.3) is 11.6 Å². The summed E-state index contributed by atoms with van der Waals surface area (Å²) in [7, 11) is 0. The van der Waals surface area contributed by atoms with Crippen molar-refractivity contribution >= 4 is 17.3 Å². The average molecular weight is 382 g/mol. The van der Waals surface area contributed by atoms with Crippen molar-refractivity contribution in [2.45, 2.75) is 20.5 Å². The maximum Gasteiger partial charge on any atom is 0.291 e. The van der Waals surface area contributed by atoms with Gasteiger partial charge in [-0.3, -0.25) is 14.9 Å². The second kappa shape index (κ2) is 7.83. The molecule has 8 nitrogen and oxygen atoms in total. The van der Waals surface area contributed by atoms with E-state index in [1.54, 1.807) is 6.07 Å². The number of nitrogens with one attached hydrogen (secondary N) is 1. The molecule has 1 amide bonds. The van der Waals surface area contributed by atoms with E-state index in [1.165, 1.54) is 18.2 Å². The molecule has 0 bridgehead atoms. The number of amides is 1. The molecule has 2 aromatic carbocycles. The van der Waals surface area contributed by atoms with Gasteiger partial charge < -0.3 is 19.6 Å². The molecule has 0 spiro atoms. The van der Waals surface area contributed by atoms with E-state index in [0.29, 0.717) is 11.5 Å². The first-order chi connectivity index (χ1) is 13.3. The Bertz CT molecular complexity index is 1020. The van der Waals surface area contributed by atoms with Gasteiger partial charge in [-0.1, -0.05) is 6.07 Å². The Labute approximate surface area is 160 Å². The van der Waals surface area contributed by atoms with Crippen molar-refractivity contribution in [3.05, 3.63) is 81.3 Å². The predicted molar refractivity (Wildman–Crippen MR) is 102 cm³/mol. The summed E-state index contributed by atoms with van der Waals surface area (Å²) in [5.41, 5.74) is 1.93. The van der Waals surface area contributed by atoms with Crippen LogP contribution in [0.15, 0.2) is 52.9 Å². The van der Waals surface area contributed by atoms with Crippen LogP contribution >= 0.6 is 0 Å². The van der Waals surface area contributed by atoms with Crippen molar-refractivity contribution in [3.8, 4) is 11.5 Å². The van der Waals surface area contributed by atoms with Gasteiger partial charge >= 0.3 is 0 Å². The minimum Gasteiger partial charge on any atom is -0.506 e. The largest absolute Gasteiger partial charge is 0.506 e. The van der Waals surface area contributed by atoms with Gasteiger partial charge in [0.15, 0.2) is 5.76 Å². The lowest BCUT2D eigenvalue weighted by atomic mass is 10.1. The van der Waals surface area contributed by atoms with Crippen molar-refractivity contribution in [1.82, 2.24) is 0 Å². The molecule has 2 N–H and O–H groups in total. The number of hydrogen-bond acceptors (Lipinski definition) is 6. The third-order valence-corrected chi connectivity index (χ3v) is 3.90. The van der Waals surface area contributed by atoms with Gasteiger partial charge in [-0.2, -0.15) is 0 Å². The number of nitro benzene ring substituents is 1. The van der Waals surface area contributed by atoms with E-state index in [-0.39, 0.29) is 23.7 Å². The Morgan fingerprint density at radius 2 is 1.86 bits per heavy atom. The normalized spacial score (nSPS) is 10.5. The first-order valence-corrected chi connectivity index (χ1v) is 8.40. The Morgan fingerprint density at radius 3 is 2.50 bits per heavy atom. The lowest BCUT2D eigenvalue weighted by Gasteiger charge is -2.07. The maximum absolute atomic E-state index is 12.3. The molecule has 0 unspecified atom stereocenters. The zero-order valence-corrected chi connectivity index (χ0v) is 15.3. The molecule has 8 heteroatoms. The number of benzene rings is 2. The molecule has 0 aliphatic rings. The van der Waals surface area contributed by atoms with E-state index in [9.17, 15) is 20.0 Å². The minimum atomic E-state index is -0.639. The fraction of sp³-hybridized carbons (Fsp3) is 0.150. The van der Waals surface area contributed by atoms with E-state index in [4.69, 9.17) is 9.15 Å². The third-order valence-electron chi connectivity index (χ3n) is 3.90. The summed E-state index contributed by atoms with van der Waals surface area (Å²) in [6.45, 7) is 4.10. The highest BCUT2D eigenvalue weighted by Gasteiger charge is 2.16. The van der Waals surface area contributed by atoms with Crippen molar-refractivity contribution in [2.24, 2.45) is 0 Å². The molecule has 1 heterocycles. The predicted octanol–water partition coefficient (Wildman–Crippen LogP) is 4.34. The highest BCUT2D eigenvalue weighted by molar-refractivity contribution is 6.03. The number of carbonyl (C=O) groups is 1. The van der Waals surface area contributed by atoms with E-state index in [2.05, 4.69) is 5.32 Å². The number of anilines is 1. The number of phenols is 1. The van der Waals surface area contributed by atoms with Crippen LogP contribution in [0.4, 0.5) is 11.4 Å². The van der Waals surface area contributed by atoms with Gasteiger partial charge in [-0.05, 0) is 55.3 Å². The van der Waals surface area contributed by atoms with Crippen LogP contribution in [0, 0.1) is 24.0 Å². The molecular formula is C20H18N2O6. The van der Waals surface area contributed by atoms with Crippen LogP contribution in [0.3, 0.4) is 0 Å². The molecule has 3 rings (SSSR count). The number of furan rings is 1. The number of phenolic OH excluding ortho intramolecular Hbond substituents is 1. The molecule has 28 heavy (non-hydrogen) atoms. The number of hydrogen-bond donors (Lipinski definition) is 2. The van der Waals surface area contributed by atoms with E-state index in [1.807, 2.05) is 32.0 Å². The van der Waals surface area contributed by atoms with Crippen LogP contribution in [-0.4, -0.2) is 15.9 Å². The molecule has 0 atom stereocenters. The highest BCUT2D eigenvalue weighted by Crippen LogP contribution is 2.28. The van der Waals surface area contributed by atoms with Crippen molar-refractivity contribution in [1.29, 1.82) is 0 Å². The number of aromatic hydroxyl groups is 1. The fourth-order valence-corrected chi connectivity index (χ4v) is 2.67. The van der Waals surface area contributed by atoms with E-state index < -0.39 is 16.6 Å². The molecule has 0 aliphatic heterocycles. The van der Waals surface area contributed by atoms with Crippen LogP contribution in [0.25, 0.3) is 0 Å². The molecule has 1 aromatic heterocycles. The summed E-state index contributed by atoms with van der Waals surface area (Å²) in [6.07, 6.45) is 0. The van der Waals surface area contributed by atoms with Gasteiger partial charge in [0.2, 0.25) is 0 Å². The third kappa shape index (κ3) is 4.47. The molecule has 0 fully saturated rings. The molecule has 0 saturated carbocycles. The summed E-state index contributed by atoms with van der Waals surface area (Å²) < 4.78 is 11.2. The zero-order chi connectivity index (χ0) is 20.3. The number of nitrogens with zero attached hydrogens (tertiary/aromatic N) is 1. The molecule has 3 aromatic rings. The number of aryl methyl sites for hydroxylation is 2. The first-order valence-electron chi connectivity index (χ1n) is 8.40. The summed E-state index contributed by atoms with van der Waals surface area (Å²) in [6, 6.07) is 12.3. The van der Waals surface area contributed by atoms with Gasteiger partial charge in [-0.15, -0.1) is 0 Å². The zero-order valence-electron chi connectivity index (χ0n) is 15.3. The highest BCUT2D eigenvalue weighted by atomic mass is 16.6. The van der Waals surface area contributed by atoms with Crippen molar-refractivity contribution in [3.63, 3.8) is 0 Å². The summed E-state index contributed by atoms with van der Waals surface area (Å²) in [4.78, 5) is 22.3. The van der Waals surface area contributed by atoms with E-state index >= 15 is 0 Å². The van der Waals surface area contributed by atoms with E-state index in [0.717, 1.165) is 17.2 Å². The standard InChI is InChI=1S/C20H18N2O6/c1-12-7-13(2)9-16(8-12)27-11-15-4-6-19(28-15)20(24)21-17-5-3-14(22(25)26)10-18(17)23/h3-10,23H,11H2,1-2H3,(H,21,24). The minimum absolute atomic E-state index is 0.0248. The average Bonchev–Trinajstić information content (AvgIpc) is 3.10. The topological polar surface area (TPSA) is 115 Å². The SMILES string of the molecule is Cc1cc(C)cc(OCc2ccc(C(=O)Nc3ccc([N+](=O)[O-])cc3O)o2)c1. The number of rotatable bonds is 6. The first kappa shape index (κ1) is 19.0. The second-order valence-electron chi connectivity index (χ2n) is 6.29. The Kier molecular flexibility index (Phi) is 5.30. The molecule has 144 valence electrons. The number of non-ortho nitro benzene ring substituents is 1. The van der Waals surface area contributed by atoms with Crippen molar-refractivity contribution in [2.75, 3.05) is 5.32 Å². The summed E-state index contributed by atoms with van der Waals surface area (Å²) in [5.74, 6) is 0.180. The summed E-state index contributed by atoms with van der Waals surface area (Å²) in [5, 5.41) is 23.0. The Hall–Kier alpha value is -3.81. The number of ether oxygens (including phenoxy) is 1. The number of nitro groups is 1. The van der Waals surface area contributed by atoms with Crippen LogP contribution in [0.5, 0.6) is 11.5 Å². The Morgan fingerprint density at radius 1 is 1.14 bits per heavy atom. The molecule has 0 saturated heterocycles. The Balaban J connectivity index is 1.64. The maximum atomic E-state index is 12.3. The smallest absolute Gasteiger partial charge is 0.291 e. The molecule has 0 aliphatic carbocycles. The van der Waals surface area contributed by atoms with Crippen LogP contribution in [0.1, 0.15) is 27.4 Å². The fourth-order valence-electron chi connectivity index (χ4n) is 2.67. The van der Waals surface area contributed by atoms with Crippen LogP contribution in [-0.2, 0) is 6.61 Å². The van der Waals surface area contributed by atoms with Crippen LogP contribution < -0.4 is 10.1 Å². The molecule has 0 radical (unpaired) electrons. The van der Waals surface area contributed by atoms with Gasteiger partial charge in [0, 0.05) is 6.07 Å². The molecular weight excluding hydrogens is 364 g/mol. The van der Waals surface area contributed by atoms with Crippen LogP contribution in [0.2, 0.25) is 0 Å². The lowest BCUT2D eigenvalue weighted by molar-refractivity contribution is -0.384. The monoisotopic (exact) mass is 382 g/mol. The van der Waals surface area contributed by atoms with Gasteiger partial charge in [-0.25, -0.2) is 0 Å². The van der Waals surface area contributed by atoms with Gasteiger partial charge in [0.1, 0.15) is 23.9 Å². The number of carbonyl (C=O) groups excluding carboxylic acids is 1. The summed E-state index contributed by atoms with van der Waals surface area (Å²) >= 11 is 0. The quantitative estimate of drug-likeness (QED) is 0.372. The van der Waals surface area contributed by atoms with Gasteiger partial charge in [0.05, 0.1) is 16.7 Å². The lowest BCUT2D eigenvalue weighted by Crippen LogP contribution is -2.11. The second-order valence-corrected chi connectivity index (χ2v) is 6.29.